The second kappa shape index (κ2) is 8.55. The highest BCUT2D eigenvalue weighted by atomic mass is 35.5. The van der Waals surface area contributed by atoms with Gasteiger partial charge >= 0.3 is 5.97 Å². The van der Waals surface area contributed by atoms with Gasteiger partial charge in [-0.3, -0.25) is 9.59 Å². The second-order valence-corrected chi connectivity index (χ2v) is 5.68. The number of ether oxygens (including phenoxy) is 1. The summed E-state index contributed by atoms with van der Waals surface area (Å²) in [4.78, 5) is 22.9. The van der Waals surface area contributed by atoms with E-state index < -0.39 is 0 Å². The van der Waals surface area contributed by atoms with Crippen molar-refractivity contribution in [3.05, 3.63) is 53.1 Å². The number of nitrogens with one attached hydrogen (secondary N) is 1. The third-order valence-corrected chi connectivity index (χ3v) is 3.82. The molecule has 0 unspecified atom stereocenters. The Kier molecular flexibility index (Phi) is 6.44. The Hall–Kier alpha value is -2.27. The quantitative estimate of drug-likeness (QED) is 0.648. The predicted molar refractivity (Wildman–Crippen MR) is 99.2 cm³/mol. The van der Waals surface area contributed by atoms with Crippen LogP contribution in [0, 0.1) is 0 Å². The maximum absolute atomic E-state index is 11.5. The Balaban J connectivity index is 2.12. The molecule has 2 rings (SSSR count). The van der Waals surface area contributed by atoms with Crippen LogP contribution in [0.2, 0.25) is 11.3 Å². The highest BCUT2D eigenvalue weighted by Crippen LogP contribution is 2.29. The number of halogens is 1. The lowest BCUT2D eigenvalue weighted by Crippen LogP contribution is -2.10. The first kappa shape index (κ1) is 18.1. The maximum Gasteiger partial charge on any atom is 0.310 e. The summed E-state index contributed by atoms with van der Waals surface area (Å²) in [7, 11) is 1.79. The molecule has 1 N–H and O–H groups in total. The highest BCUT2D eigenvalue weighted by molar-refractivity contribution is 6.34. The summed E-state index contributed by atoms with van der Waals surface area (Å²) in [6, 6.07) is 13.2. The monoisotopic (exact) mass is 343 g/mol. The summed E-state index contributed by atoms with van der Waals surface area (Å²) in [6.07, 6.45) is 0.664. The minimum atomic E-state index is -0.232. The van der Waals surface area contributed by atoms with E-state index in [1.165, 1.54) is 0 Å². The van der Waals surface area contributed by atoms with Crippen molar-refractivity contribution in [2.75, 3.05) is 11.9 Å². The SMILES string of the molecule is BCC(=O)Nc1ccc(-c2ccc(CC(=O)OCC)cc2)cc1Cl. The van der Waals surface area contributed by atoms with Gasteiger partial charge < -0.3 is 10.1 Å². The molecule has 0 aliphatic rings. The van der Waals surface area contributed by atoms with Crippen LogP contribution in [0.1, 0.15) is 12.5 Å². The van der Waals surface area contributed by atoms with Crippen LogP contribution in [-0.2, 0) is 20.7 Å². The number of carbonyl (C=O) groups excluding carboxylic acids is 2. The molecule has 2 aromatic carbocycles. The molecule has 0 fully saturated rings. The molecule has 0 bridgehead atoms. The molecule has 4 nitrogen and oxygen atoms in total. The average molecular weight is 344 g/mol. The van der Waals surface area contributed by atoms with Crippen molar-refractivity contribution >= 4 is 37.0 Å². The number of hydrogen-bond donors (Lipinski definition) is 1. The Morgan fingerprint density at radius 3 is 2.38 bits per heavy atom. The van der Waals surface area contributed by atoms with E-state index in [0.717, 1.165) is 16.7 Å². The van der Waals surface area contributed by atoms with Gasteiger partial charge in [0.05, 0.1) is 23.7 Å². The van der Waals surface area contributed by atoms with E-state index in [-0.39, 0.29) is 18.3 Å². The Morgan fingerprint density at radius 1 is 1.12 bits per heavy atom. The van der Waals surface area contributed by atoms with E-state index in [2.05, 4.69) is 5.32 Å². The number of amides is 1. The molecule has 0 aromatic heterocycles. The van der Waals surface area contributed by atoms with Crippen molar-refractivity contribution < 1.29 is 14.3 Å². The van der Waals surface area contributed by atoms with Gasteiger partial charge in [0.1, 0.15) is 7.85 Å². The molecule has 0 aliphatic carbocycles. The minimum Gasteiger partial charge on any atom is -0.466 e. The van der Waals surface area contributed by atoms with E-state index in [1.54, 1.807) is 20.8 Å². The van der Waals surface area contributed by atoms with Gasteiger partial charge in [-0.2, -0.15) is 0 Å². The number of rotatable bonds is 6. The highest BCUT2D eigenvalue weighted by Gasteiger charge is 2.08. The maximum atomic E-state index is 11.5. The van der Waals surface area contributed by atoms with E-state index >= 15 is 0 Å². The summed E-state index contributed by atoms with van der Waals surface area (Å²) in [5, 5.41) is 3.25. The van der Waals surface area contributed by atoms with Gasteiger partial charge in [-0.05, 0) is 42.1 Å². The van der Waals surface area contributed by atoms with Crippen LogP contribution in [-0.4, -0.2) is 26.3 Å². The zero-order valence-corrected chi connectivity index (χ0v) is 14.5. The number of hydrogen-bond acceptors (Lipinski definition) is 3. The van der Waals surface area contributed by atoms with Gasteiger partial charge in [0.15, 0.2) is 0 Å². The molecule has 6 heteroatoms. The summed E-state index contributed by atoms with van der Waals surface area (Å²) in [6.45, 7) is 2.17. The van der Waals surface area contributed by atoms with Crippen LogP contribution >= 0.6 is 11.6 Å². The normalized spacial score (nSPS) is 10.2. The van der Waals surface area contributed by atoms with Crippen LogP contribution < -0.4 is 5.32 Å². The van der Waals surface area contributed by atoms with Crippen LogP contribution in [0.25, 0.3) is 11.1 Å². The number of carbonyl (C=O) groups is 2. The van der Waals surface area contributed by atoms with Gasteiger partial charge in [-0.15, -0.1) is 0 Å². The van der Waals surface area contributed by atoms with E-state index in [9.17, 15) is 9.59 Å². The topological polar surface area (TPSA) is 55.4 Å². The summed E-state index contributed by atoms with van der Waals surface area (Å²) < 4.78 is 4.94. The average Bonchev–Trinajstić information content (AvgIpc) is 2.57. The summed E-state index contributed by atoms with van der Waals surface area (Å²) >= 11 is 6.24. The molecule has 0 spiro atoms. The largest absolute Gasteiger partial charge is 0.466 e. The molecule has 24 heavy (non-hydrogen) atoms. The number of benzene rings is 2. The summed E-state index contributed by atoms with van der Waals surface area (Å²) in [5.41, 5.74) is 3.43. The van der Waals surface area contributed by atoms with Crippen molar-refractivity contribution in [2.45, 2.75) is 19.7 Å². The molecule has 0 heterocycles. The van der Waals surface area contributed by atoms with E-state index in [0.29, 0.717) is 23.6 Å². The Labute approximate surface area is 147 Å². The van der Waals surface area contributed by atoms with Gasteiger partial charge in [0.2, 0.25) is 5.91 Å². The molecular weight excluding hydrogens is 324 g/mol. The van der Waals surface area contributed by atoms with Crippen LogP contribution in [0.5, 0.6) is 0 Å². The molecule has 0 aliphatic heterocycles. The lowest BCUT2D eigenvalue weighted by Gasteiger charge is -2.09. The smallest absolute Gasteiger partial charge is 0.310 e. The third-order valence-electron chi connectivity index (χ3n) is 3.51. The van der Waals surface area contributed by atoms with Crippen molar-refractivity contribution in [3.63, 3.8) is 0 Å². The van der Waals surface area contributed by atoms with Gasteiger partial charge in [-0.25, -0.2) is 0 Å². The van der Waals surface area contributed by atoms with E-state index in [1.807, 2.05) is 36.4 Å². The molecule has 0 saturated heterocycles. The molecule has 1 amide bonds. The fourth-order valence-corrected chi connectivity index (χ4v) is 2.46. The zero-order chi connectivity index (χ0) is 17.5. The van der Waals surface area contributed by atoms with Crippen LogP contribution in [0.4, 0.5) is 5.69 Å². The lowest BCUT2D eigenvalue weighted by molar-refractivity contribution is -0.142. The molecule has 2 aromatic rings. The van der Waals surface area contributed by atoms with Crippen LogP contribution in [0.3, 0.4) is 0 Å². The fraction of sp³-hybridized carbons (Fsp3) is 0.222. The lowest BCUT2D eigenvalue weighted by atomic mass is 10.0. The van der Waals surface area contributed by atoms with Gasteiger partial charge in [0.25, 0.3) is 0 Å². The van der Waals surface area contributed by atoms with Gasteiger partial charge in [0, 0.05) is 0 Å². The molecule has 0 saturated carbocycles. The second-order valence-electron chi connectivity index (χ2n) is 5.28. The van der Waals surface area contributed by atoms with Crippen molar-refractivity contribution in [1.29, 1.82) is 0 Å². The first-order valence-electron chi connectivity index (χ1n) is 7.87. The fourth-order valence-electron chi connectivity index (χ4n) is 2.23. The van der Waals surface area contributed by atoms with Crippen LogP contribution in [0.15, 0.2) is 42.5 Å². The van der Waals surface area contributed by atoms with Crippen molar-refractivity contribution in [3.8, 4) is 11.1 Å². The molecular formula is C18H19BClNO3. The Morgan fingerprint density at radius 2 is 1.79 bits per heavy atom. The standard InChI is InChI=1S/C18H19BClNO3/c1-2-24-18(23)9-12-3-5-13(6-4-12)14-7-8-16(15(20)10-14)21-17(22)11-19/h3-8,10H,2,9,11,19H2,1H3,(H,21,22). The first-order chi connectivity index (χ1) is 11.5. The first-order valence-corrected chi connectivity index (χ1v) is 8.25. The minimum absolute atomic E-state index is 0.0760. The molecule has 0 radical (unpaired) electrons. The number of anilines is 1. The van der Waals surface area contributed by atoms with Crippen molar-refractivity contribution in [1.82, 2.24) is 0 Å². The Bertz CT molecular complexity index is 732. The number of esters is 1. The molecule has 124 valence electrons. The zero-order valence-electron chi connectivity index (χ0n) is 13.8. The molecule has 0 atom stereocenters. The van der Waals surface area contributed by atoms with Gasteiger partial charge in [-0.1, -0.05) is 41.9 Å². The van der Waals surface area contributed by atoms with E-state index in [4.69, 9.17) is 16.3 Å². The van der Waals surface area contributed by atoms with Crippen molar-refractivity contribution in [2.24, 2.45) is 0 Å². The summed E-state index contributed by atoms with van der Waals surface area (Å²) in [5.74, 6) is -0.308. The third kappa shape index (κ3) is 4.86. The predicted octanol–water partition coefficient (Wildman–Crippen LogP) is 3.10.